The maximum absolute atomic E-state index is 11.5. The number of nitrogen functional groups attached to an aromatic ring is 2. The van der Waals surface area contributed by atoms with Crippen LogP contribution in [0.15, 0.2) is 18.2 Å². The van der Waals surface area contributed by atoms with Crippen molar-refractivity contribution in [2.45, 2.75) is 0 Å². The van der Waals surface area contributed by atoms with Gasteiger partial charge in [0, 0.05) is 0 Å². The third-order valence-corrected chi connectivity index (χ3v) is 1.98. The lowest BCUT2D eigenvalue weighted by Crippen LogP contribution is -2.35. The summed E-state index contributed by atoms with van der Waals surface area (Å²) in [6, 6.07) is 4.55. The Kier molecular flexibility index (Phi) is 3.81. The van der Waals surface area contributed by atoms with Crippen LogP contribution in [0.4, 0.5) is 0 Å². The SMILES string of the molecule is COc1cccc(C(=O)NN)c1C(=O)NN. The summed E-state index contributed by atoms with van der Waals surface area (Å²) in [6.07, 6.45) is 0. The number of amides is 2. The molecule has 16 heavy (non-hydrogen) atoms. The molecule has 0 fully saturated rings. The minimum absolute atomic E-state index is 0.0375. The zero-order valence-electron chi connectivity index (χ0n) is 8.61. The van der Waals surface area contributed by atoms with Gasteiger partial charge in [0.15, 0.2) is 0 Å². The second-order valence-corrected chi connectivity index (χ2v) is 2.83. The summed E-state index contributed by atoms with van der Waals surface area (Å²) in [4.78, 5) is 22.9. The highest BCUT2D eigenvalue weighted by atomic mass is 16.5. The predicted octanol–water partition coefficient (Wildman–Crippen LogP) is -1.10. The van der Waals surface area contributed by atoms with Crippen molar-refractivity contribution in [3.63, 3.8) is 0 Å². The molecule has 0 saturated carbocycles. The van der Waals surface area contributed by atoms with E-state index in [1.54, 1.807) is 6.07 Å². The molecule has 6 N–H and O–H groups in total. The fourth-order valence-corrected chi connectivity index (χ4v) is 1.27. The smallest absolute Gasteiger partial charge is 0.269 e. The monoisotopic (exact) mass is 224 g/mol. The number of ether oxygens (including phenoxy) is 1. The van der Waals surface area contributed by atoms with E-state index >= 15 is 0 Å². The topological polar surface area (TPSA) is 119 Å². The second-order valence-electron chi connectivity index (χ2n) is 2.83. The molecule has 1 rings (SSSR count). The average Bonchev–Trinajstić information content (AvgIpc) is 2.35. The van der Waals surface area contributed by atoms with Crippen molar-refractivity contribution in [1.82, 2.24) is 10.9 Å². The number of hydrogen-bond donors (Lipinski definition) is 4. The first kappa shape index (κ1) is 12.0. The zero-order chi connectivity index (χ0) is 12.1. The molecule has 0 heterocycles. The zero-order valence-corrected chi connectivity index (χ0v) is 8.61. The van der Waals surface area contributed by atoms with E-state index in [-0.39, 0.29) is 16.9 Å². The van der Waals surface area contributed by atoms with Gasteiger partial charge in [-0.2, -0.15) is 0 Å². The van der Waals surface area contributed by atoms with Crippen LogP contribution in [-0.4, -0.2) is 18.9 Å². The normalized spacial score (nSPS) is 9.44. The first-order chi connectivity index (χ1) is 7.65. The van der Waals surface area contributed by atoms with E-state index in [0.717, 1.165) is 0 Å². The van der Waals surface area contributed by atoms with Gasteiger partial charge in [0.25, 0.3) is 11.8 Å². The Morgan fingerprint density at radius 3 is 2.31 bits per heavy atom. The third-order valence-electron chi connectivity index (χ3n) is 1.98. The van der Waals surface area contributed by atoms with E-state index in [1.165, 1.54) is 19.2 Å². The molecule has 1 aromatic rings. The van der Waals surface area contributed by atoms with E-state index in [4.69, 9.17) is 16.4 Å². The Bertz CT molecular complexity index is 419. The van der Waals surface area contributed by atoms with Crippen molar-refractivity contribution >= 4 is 11.8 Å². The predicted molar refractivity (Wildman–Crippen MR) is 56.3 cm³/mol. The Hall–Kier alpha value is -2.12. The van der Waals surface area contributed by atoms with Crippen LogP contribution in [0.1, 0.15) is 20.7 Å². The molecule has 1 aromatic carbocycles. The third kappa shape index (κ3) is 2.10. The minimum atomic E-state index is -0.629. The van der Waals surface area contributed by atoms with Crippen LogP contribution in [-0.2, 0) is 0 Å². The number of nitrogens with one attached hydrogen (secondary N) is 2. The number of methoxy groups -OCH3 is 1. The van der Waals surface area contributed by atoms with Crippen LogP contribution in [0, 0.1) is 0 Å². The number of benzene rings is 1. The van der Waals surface area contributed by atoms with E-state index in [9.17, 15) is 9.59 Å². The summed E-state index contributed by atoms with van der Waals surface area (Å²) in [6.45, 7) is 0. The summed E-state index contributed by atoms with van der Waals surface area (Å²) in [5, 5.41) is 0. The molecule has 0 spiro atoms. The Balaban J connectivity index is 3.37. The number of hydrogen-bond acceptors (Lipinski definition) is 5. The standard InChI is InChI=1S/C9H12N4O3/c1-16-6-4-2-3-5(8(14)12-10)7(6)9(15)13-11/h2-4H,10-11H2,1H3,(H,12,14)(H,13,15). The number of nitrogens with two attached hydrogens (primary N) is 2. The first-order valence-electron chi connectivity index (χ1n) is 4.34. The number of rotatable bonds is 3. The molecule has 7 nitrogen and oxygen atoms in total. The van der Waals surface area contributed by atoms with Crippen LogP contribution in [0.5, 0.6) is 5.75 Å². The Morgan fingerprint density at radius 1 is 1.19 bits per heavy atom. The molecule has 0 bridgehead atoms. The van der Waals surface area contributed by atoms with Crippen molar-refractivity contribution in [3.8, 4) is 5.75 Å². The van der Waals surface area contributed by atoms with Crippen molar-refractivity contribution in [2.24, 2.45) is 11.7 Å². The molecule has 0 aromatic heterocycles. The second kappa shape index (κ2) is 5.10. The Labute approximate surface area is 91.7 Å². The lowest BCUT2D eigenvalue weighted by atomic mass is 10.1. The molecule has 0 aliphatic heterocycles. The summed E-state index contributed by atoms with van der Waals surface area (Å²) < 4.78 is 4.97. The molecule has 0 aliphatic rings. The number of carbonyl (C=O) groups excluding carboxylic acids is 2. The van der Waals surface area contributed by atoms with Crippen LogP contribution >= 0.6 is 0 Å². The molecule has 2 amide bonds. The number of hydrazine groups is 2. The molecule has 0 unspecified atom stereocenters. The van der Waals surface area contributed by atoms with Crippen LogP contribution in [0.2, 0.25) is 0 Å². The van der Waals surface area contributed by atoms with Gasteiger partial charge in [-0.1, -0.05) is 6.07 Å². The molecular formula is C9H12N4O3. The summed E-state index contributed by atoms with van der Waals surface area (Å²) in [5.41, 5.74) is 4.00. The molecule has 0 aliphatic carbocycles. The van der Waals surface area contributed by atoms with Gasteiger partial charge >= 0.3 is 0 Å². The van der Waals surface area contributed by atoms with Crippen molar-refractivity contribution < 1.29 is 14.3 Å². The van der Waals surface area contributed by atoms with E-state index in [2.05, 4.69) is 0 Å². The highest BCUT2D eigenvalue weighted by Crippen LogP contribution is 2.21. The van der Waals surface area contributed by atoms with E-state index in [1.807, 2.05) is 10.9 Å². The average molecular weight is 224 g/mol. The van der Waals surface area contributed by atoms with Gasteiger partial charge in [-0.05, 0) is 12.1 Å². The summed E-state index contributed by atoms with van der Waals surface area (Å²) in [7, 11) is 1.38. The summed E-state index contributed by atoms with van der Waals surface area (Å²) >= 11 is 0. The molecule has 0 saturated heterocycles. The Morgan fingerprint density at radius 2 is 1.81 bits per heavy atom. The first-order valence-corrected chi connectivity index (χ1v) is 4.34. The molecule has 7 heteroatoms. The van der Waals surface area contributed by atoms with Gasteiger partial charge in [-0.3, -0.25) is 20.4 Å². The quantitative estimate of drug-likeness (QED) is 0.295. The van der Waals surface area contributed by atoms with Crippen molar-refractivity contribution in [1.29, 1.82) is 0 Å². The molecular weight excluding hydrogens is 212 g/mol. The highest BCUT2D eigenvalue weighted by molar-refractivity contribution is 6.08. The highest BCUT2D eigenvalue weighted by Gasteiger charge is 2.20. The molecule has 86 valence electrons. The fourth-order valence-electron chi connectivity index (χ4n) is 1.27. The van der Waals surface area contributed by atoms with Gasteiger partial charge < -0.3 is 4.74 Å². The van der Waals surface area contributed by atoms with Crippen molar-refractivity contribution in [3.05, 3.63) is 29.3 Å². The van der Waals surface area contributed by atoms with E-state index in [0.29, 0.717) is 0 Å². The maximum Gasteiger partial charge on any atom is 0.269 e. The molecule has 0 radical (unpaired) electrons. The van der Waals surface area contributed by atoms with Crippen molar-refractivity contribution in [2.75, 3.05) is 7.11 Å². The van der Waals surface area contributed by atoms with Gasteiger partial charge in [0.05, 0.1) is 18.2 Å². The fraction of sp³-hybridized carbons (Fsp3) is 0.111. The summed E-state index contributed by atoms with van der Waals surface area (Å²) in [5.74, 6) is 9.03. The van der Waals surface area contributed by atoms with Gasteiger partial charge in [-0.15, -0.1) is 0 Å². The lowest BCUT2D eigenvalue weighted by molar-refractivity contribution is 0.0917. The maximum atomic E-state index is 11.5. The molecule has 0 atom stereocenters. The van der Waals surface area contributed by atoms with E-state index < -0.39 is 11.8 Å². The number of carbonyl (C=O) groups is 2. The van der Waals surface area contributed by atoms with Gasteiger partial charge in [0.2, 0.25) is 0 Å². The van der Waals surface area contributed by atoms with Crippen LogP contribution < -0.4 is 27.3 Å². The largest absolute Gasteiger partial charge is 0.496 e. The minimum Gasteiger partial charge on any atom is -0.496 e. The van der Waals surface area contributed by atoms with Crippen LogP contribution in [0.25, 0.3) is 0 Å². The van der Waals surface area contributed by atoms with Crippen LogP contribution in [0.3, 0.4) is 0 Å². The van der Waals surface area contributed by atoms with Gasteiger partial charge in [-0.25, -0.2) is 11.7 Å². The van der Waals surface area contributed by atoms with Gasteiger partial charge in [0.1, 0.15) is 5.75 Å². The lowest BCUT2D eigenvalue weighted by Gasteiger charge is -2.11.